The molecule has 1 unspecified atom stereocenters. The minimum absolute atomic E-state index is 0.426. The third-order valence-corrected chi connectivity index (χ3v) is 2.54. The van der Waals surface area contributed by atoms with Gasteiger partial charge >= 0.3 is 0 Å². The second-order valence-corrected chi connectivity index (χ2v) is 4.70. The van der Waals surface area contributed by atoms with Crippen LogP contribution in [0.3, 0.4) is 0 Å². The maximum absolute atomic E-state index is 10.1. The number of aliphatic hydroxyl groups is 1. The van der Waals surface area contributed by atoms with E-state index in [-0.39, 0.29) is 0 Å². The van der Waals surface area contributed by atoms with Crippen molar-refractivity contribution in [1.29, 1.82) is 0 Å². The zero-order valence-electron chi connectivity index (χ0n) is 11.7. The molecule has 0 bridgehead atoms. The summed E-state index contributed by atoms with van der Waals surface area (Å²) < 4.78 is 5.35. The van der Waals surface area contributed by atoms with Gasteiger partial charge in [-0.1, -0.05) is 13.3 Å². The van der Waals surface area contributed by atoms with Gasteiger partial charge in [-0.25, -0.2) is 4.98 Å². The molecule has 2 N–H and O–H groups in total. The third-order valence-electron chi connectivity index (χ3n) is 2.54. The SMILES string of the molecule is CCCC(C)(O)CNc1nc(C)cc(OCC)n1. The molecule has 1 aromatic rings. The summed E-state index contributed by atoms with van der Waals surface area (Å²) in [4.78, 5) is 8.50. The number of ether oxygens (including phenoxy) is 1. The Morgan fingerprint density at radius 1 is 1.39 bits per heavy atom. The number of aromatic nitrogens is 2. The molecular formula is C13H23N3O2. The molecule has 102 valence electrons. The van der Waals surface area contributed by atoms with Crippen LogP contribution in [0.4, 0.5) is 5.95 Å². The van der Waals surface area contributed by atoms with Crippen LogP contribution in [0.2, 0.25) is 0 Å². The van der Waals surface area contributed by atoms with Crippen LogP contribution in [0.15, 0.2) is 6.07 Å². The molecule has 0 amide bonds. The Morgan fingerprint density at radius 3 is 2.72 bits per heavy atom. The molecule has 5 nitrogen and oxygen atoms in total. The van der Waals surface area contributed by atoms with Gasteiger partial charge in [-0.15, -0.1) is 0 Å². The van der Waals surface area contributed by atoms with Gasteiger partial charge in [0.1, 0.15) is 0 Å². The Morgan fingerprint density at radius 2 is 2.11 bits per heavy atom. The number of anilines is 1. The lowest BCUT2D eigenvalue weighted by Crippen LogP contribution is -2.33. The third kappa shape index (κ3) is 4.87. The molecule has 0 saturated heterocycles. The molecule has 0 spiro atoms. The topological polar surface area (TPSA) is 67.3 Å². The van der Waals surface area contributed by atoms with Crippen molar-refractivity contribution in [2.75, 3.05) is 18.5 Å². The highest BCUT2D eigenvalue weighted by Gasteiger charge is 2.19. The number of aryl methyl sites for hydroxylation is 1. The number of hydrogen-bond acceptors (Lipinski definition) is 5. The zero-order valence-corrected chi connectivity index (χ0v) is 11.7. The average molecular weight is 253 g/mol. The molecule has 0 radical (unpaired) electrons. The van der Waals surface area contributed by atoms with Crippen molar-refractivity contribution in [3.63, 3.8) is 0 Å². The fraction of sp³-hybridized carbons (Fsp3) is 0.692. The van der Waals surface area contributed by atoms with Crippen molar-refractivity contribution in [2.45, 2.75) is 46.1 Å². The van der Waals surface area contributed by atoms with Gasteiger partial charge in [0, 0.05) is 18.3 Å². The maximum atomic E-state index is 10.1. The lowest BCUT2D eigenvalue weighted by Gasteiger charge is -2.23. The quantitative estimate of drug-likeness (QED) is 0.779. The van der Waals surface area contributed by atoms with Gasteiger partial charge in [0.15, 0.2) is 0 Å². The second kappa shape index (κ2) is 6.54. The van der Waals surface area contributed by atoms with Crippen LogP contribution in [0, 0.1) is 6.92 Å². The van der Waals surface area contributed by atoms with Crippen LogP contribution in [0.1, 0.15) is 39.3 Å². The van der Waals surface area contributed by atoms with E-state index in [9.17, 15) is 5.11 Å². The fourth-order valence-electron chi connectivity index (χ4n) is 1.74. The molecular weight excluding hydrogens is 230 g/mol. The van der Waals surface area contributed by atoms with E-state index in [4.69, 9.17) is 4.74 Å². The van der Waals surface area contributed by atoms with Gasteiger partial charge in [-0.05, 0) is 27.2 Å². The first-order chi connectivity index (χ1) is 8.46. The van der Waals surface area contributed by atoms with E-state index < -0.39 is 5.60 Å². The summed E-state index contributed by atoms with van der Waals surface area (Å²) in [5, 5.41) is 13.1. The van der Waals surface area contributed by atoms with E-state index in [1.54, 1.807) is 6.07 Å². The van der Waals surface area contributed by atoms with Crippen molar-refractivity contribution >= 4 is 5.95 Å². The van der Waals surface area contributed by atoms with E-state index in [0.717, 1.165) is 18.5 Å². The summed E-state index contributed by atoms with van der Waals surface area (Å²) >= 11 is 0. The Balaban J connectivity index is 2.66. The summed E-state index contributed by atoms with van der Waals surface area (Å²) in [7, 11) is 0. The molecule has 0 aliphatic rings. The van der Waals surface area contributed by atoms with Crippen molar-refractivity contribution in [3.05, 3.63) is 11.8 Å². The first-order valence-corrected chi connectivity index (χ1v) is 6.41. The molecule has 0 saturated carbocycles. The van der Waals surface area contributed by atoms with Gasteiger partial charge in [-0.3, -0.25) is 0 Å². The lowest BCUT2D eigenvalue weighted by atomic mass is 10.0. The first-order valence-electron chi connectivity index (χ1n) is 6.41. The van der Waals surface area contributed by atoms with Crippen molar-refractivity contribution in [2.24, 2.45) is 0 Å². The van der Waals surface area contributed by atoms with Crippen LogP contribution in [0.25, 0.3) is 0 Å². The van der Waals surface area contributed by atoms with Crippen LogP contribution >= 0.6 is 0 Å². The molecule has 5 heteroatoms. The van der Waals surface area contributed by atoms with Crippen LogP contribution < -0.4 is 10.1 Å². The molecule has 0 aromatic carbocycles. The molecule has 0 aliphatic carbocycles. The fourth-order valence-corrected chi connectivity index (χ4v) is 1.74. The largest absolute Gasteiger partial charge is 0.478 e. The second-order valence-electron chi connectivity index (χ2n) is 4.70. The van der Waals surface area contributed by atoms with E-state index in [2.05, 4.69) is 15.3 Å². The van der Waals surface area contributed by atoms with Gasteiger partial charge < -0.3 is 15.2 Å². The minimum Gasteiger partial charge on any atom is -0.478 e. The van der Waals surface area contributed by atoms with Gasteiger partial charge in [-0.2, -0.15) is 4.98 Å². The first kappa shape index (κ1) is 14.7. The molecule has 1 aromatic heterocycles. The number of nitrogens with one attached hydrogen (secondary N) is 1. The van der Waals surface area contributed by atoms with Gasteiger partial charge in [0.25, 0.3) is 0 Å². The molecule has 1 heterocycles. The number of nitrogens with zero attached hydrogens (tertiary/aromatic N) is 2. The van der Waals surface area contributed by atoms with E-state index >= 15 is 0 Å². The maximum Gasteiger partial charge on any atom is 0.226 e. The van der Waals surface area contributed by atoms with Gasteiger partial charge in [0.05, 0.1) is 12.2 Å². The molecule has 1 rings (SSSR count). The van der Waals surface area contributed by atoms with Crippen LogP contribution in [0.5, 0.6) is 5.88 Å². The standard InChI is InChI=1S/C13H23N3O2/c1-5-7-13(4,17)9-14-12-15-10(3)8-11(16-12)18-6-2/h8,17H,5-7,9H2,1-4H3,(H,14,15,16). The Labute approximate surface area is 109 Å². The molecule has 1 atom stereocenters. The highest BCUT2D eigenvalue weighted by Crippen LogP contribution is 2.15. The molecule has 18 heavy (non-hydrogen) atoms. The highest BCUT2D eigenvalue weighted by atomic mass is 16.5. The van der Waals surface area contributed by atoms with Crippen molar-refractivity contribution in [1.82, 2.24) is 9.97 Å². The smallest absolute Gasteiger partial charge is 0.226 e. The molecule has 0 fully saturated rings. The predicted octanol–water partition coefficient (Wildman–Crippen LogP) is 2.15. The lowest BCUT2D eigenvalue weighted by molar-refractivity contribution is 0.0635. The summed E-state index contributed by atoms with van der Waals surface area (Å²) in [6, 6.07) is 1.79. The highest BCUT2D eigenvalue weighted by molar-refractivity contribution is 5.31. The Bertz CT molecular complexity index is 380. The van der Waals surface area contributed by atoms with Gasteiger partial charge in [0.2, 0.25) is 11.8 Å². The molecule has 0 aliphatic heterocycles. The number of rotatable bonds is 7. The van der Waals surface area contributed by atoms with Crippen LogP contribution in [-0.4, -0.2) is 33.8 Å². The summed E-state index contributed by atoms with van der Waals surface area (Å²) in [6.45, 7) is 8.66. The van der Waals surface area contributed by atoms with E-state index in [1.165, 1.54) is 0 Å². The zero-order chi connectivity index (χ0) is 13.6. The predicted molar refractivity (Wildman–Crippen MR) is 72.0 cm³/mol. The normalized spacial score (nSPS) is 14.1. The summed E-state index contributed by atoms with van der Waals surface area (Å²) in [6.07, 6.45) is 1.68. The van der Waals surface area contributed by atoms with E-state index in [1.807, 2.05) is 27.7 Å². The summed E-state index contributed by atoms with van der Waals surface area (Å²) in [5.41, 5.74) is 0.0965. The minimum atomic E-state index is -0.742. The monoisotopic (exact) mass is 253 g/mol. The van der Waals surface area contributed by atoms with E-state index in [0.29, 0.717) is 25.0 Å². The van der Waals surface area contributed by atoms with Crippen molar-refractivity contribution in [3.8, 4) is 5.88 Å². The summed E-state index contributed by atoms with van der Waals surface area (Å²) in [5.74, 6) is 1.05. The Kier molecular flexibility index (Phi) is 5.34. The average Bonchev–Trinajstić information content (AvgIpc) is 2.26. The van der Waals surface area contributed by atoms with Crippen LogP contribution in [-0.2, 0) is 0 Å². The van der Waals surface area contributed by atoms with Crippen molar-refractivity contribution < 1.29 is 9.84 Å². The Hall–Kier alpha value is -1.36. The number of hydrogen-bond donors (Lipinski definition) is 2.